The van der Waals surface area contributed by atoms with Crippen LogP contribution in [0, 0.1) is 11.8 Å². The summed E-state index contributed by atoms with van der Waals surface area (Å²) in [5.74, 6) is -0.451. The highest BCUT2D eigenvalue weighted by atomic mass is 32.2. The molecule has 1 saturated heterocycles. The molecule has 1 aromatic carbocycles. The summed E-state index contributed by atoms with van der Waals surface area (Å²) >= 11 is 0. The van der Waals surface area contributed by atoms with Gasteiger partial charge in [-0.05, 0) is 18.1 Å². The van der Waals surface area contributed by atoms with Crippen molar-refractivity contribution in [1.29, 1.82) is 0 Å². The maximum absolute atomic E-state index is 13.0. The smallest absolute Gasteiger partial charge is 0.241 e. The van der Waals surface area contributed by atoms with Gasteiger partial charge in [0.1, 0.15) is 6.04 Å². The average molecular weight is 396 g/mol. The number of nitrogens with one attached hydrogen (secondary N) is 1. The molecule has 0 aromatic heterocycles. The van der Waals surface area contributed by atoms with Crippen LogP contribution in [0.2, 0.25) is 0 Å². The number of hydrogen-bond acceptors (Lipinski definition) is 4. The van der Waals surface area contributed by atoms with Crippen LogP contribution in [0.1, 0.15) is 27.7 Å². The largest absolute Gasteiger partial charge is 0.339 e. The number of carbonyl (C=O) groups is 2. The zero-order valence-electron chi connectivity index (χ0n) is 16.4. The van der Waals surface area contributed by atoms with Crippen LogP contribution in [0.5, 0.6) is 0 Å². The molecule has 0 saturated carbocycles. The Morgan fingerprint density at radius 3 is 1.81 bits per heavy atom. The Labute approximate surface area is 161 Å². The van der Waals surface area contributed by atoms with Crippen molar-refractivity contribution in [3.63, 3.8) is 0 Å². The van der Waals surface area contributed by atoms with E-state index in [1.807, 2.05) is 27.7 Å². The Kier molecular flexibility index (Phi) is 7.00. The van der Waals surface area contributed by atoms with Gasteiger partial charge in [0.25, 0.3) is 0 Å². The molecule has 8 heteroatoms. The Morgan fingerprint density at radius 1 is 0.889 bits per heavy atom. The number of carbonyl (C=O) groups excluding carboxylic acids is 2. The van der Waals surface area contributed by atoms with Gasteiger partial charge in [-0.1, -0.05) is 45.9 Å². The summed E-state index contributed by atoms with van der Waals surface area (Å²) in [5, 5.41) is 0. The van der Waals surface area contributed by atoms with Crippen LogP contribution < -0.4 is 4.72 Å². The van der Waals surface area contributed by atoms with E-state index < -0.39 is 16.1 Å². The number of amides is 2. The minimum atomic E-state index is -3.79. The number of hydrogen-bond donors (Lipinski definition) is 1. The van der Waals surface area contributed by atoms with Gasteiger partial charge in [0.2, 0.25) is 21.8 Å². The van der Waals surface area contributed by atoms with Crippen LogP contribution >= 0.6 is 0 Å². The summed E-state index contributed by atoms with van der Waals surface area (Å²) in [6.07, 6.45) is 0. The van der Waals surface area contributed by atoms with Crippen LogP contribution in [0.4, 0.5) is 0 Å². The molecule has 1 atom stereocenters. The Balaban J connectivity index is 2.07. The van der Waals surface area contributed by atoms with E-state index in [1.165, 1.54) is 12.1 Å². The van der Waals surface area contributed by atoms with E-state index in [9.17, 15) is 18.0 Å². The van der Waals surface area contributed by atoms with Gasteiger partial charge in [0.15, 0.2) is 0 Å². The van der Waals surface area contributed by atoms with E-state index in [4.69, 9.17) is 0 Å². The van der Waals surface area contributed by atoms with Gasteiger partial charge in [0.05, 0.1) is 4.90 Å². The fourth-order valence-corrected chi connectivity index (χ4v) is 4.37. The summed E-state index contributed by atoms with van der Waals surface area (Å²) in [6.45, 7) is 9.10. The van der Waals surface area contributed by atoms with E-state index in [2.05, 4.69) is 4.72 Å². The number of piperazine rings is 1. The molecule has 1 aliphatic heterocycles. The molecule has 2 rings (SSSR count). The fourth-order valence-electron chi connectivity index (χ4n) is 3.02. The second kappa shape index (κ2) is 8.84. The molecule has 1 heterocycles. The molecule has 1 fully saturated rings. The van der Waals surface area contributed by atoms with Crippen molar-refractivity contribution in [2.75, 3.05) is 26.2 Å². The predicted octanol–water partition coefficient (Wildman–Crippen LogP) is 1.32. The van der Waals surface area contributed by atoms with Crippen molar-refractivity contribution in [2.24, 2.45) is 11.8 Å². The molecule has 7 nitrogen and oxygen atoms in total. The van der Waals surface area contributed by atoms with E-state index >= 15 is 0 Å². The monoisotopic (exact) mass is 395 g/mol. The third-order valence-corrected chi connectivity index (χ3v) is 6.12. The maximum atomic E-state index is 13.0. The van der Waals surface area contributed by atoms with Crippen LogP contribution in [0.15, 0.2) is 35.2 Å². The Hall–Kier alpha value is -1.93. The van der Waals surface area contributed by atoms with Crippen molar-refractivity contribution < 1.29 is 18.0 Å². The number of rotatable bonds is 6. The van der Waals surface area contributed by atoms with Crippen molar-refractivity contribution in [1.82, 2.24) is 14.5 Å². The molecular formula is C19H29N3O4S. The zero-order valence-corrected chi connectivity index (χ0v) is 17.2. The van der Waals surface area contributed by atoms with Gasteiger partial charge in [-0.2, -0.15) is 4.72 Å². The van der Waals surface area contributed by atoms with Crippen LogP contribution in [0.25, 0.3) is 0 Å². The third kappa shape index (κ3) is 5.29. The molecule has 0 unspecified atom stereocenters. The van der Waals surface area contributed by atoms with Gasteiger partial charge >= 0.3 is 0 Å². The van der Waals surface area contributed by atoms with Crippen molar-refractivity contribution in [3.8, 4) is 0 Å². The minimum Gasteiger partial charge on any atom is -0.339 e. The van der Waals surface area contributed by atoms with Crippen molar-refractivity contribution in [2.45, 2.75) is 38.6 Å². The first-order valence-corrected chi connectivity index (χ1v) is 10.8. The summed E-state index contributed by atoms with van der Waals surface area (Å²) in [4.78, 5) is 28.6. The van der Waals surface area contributed by atoms with E-state index in [0.717, 1.165) is 0 Å². The number of benzene rings is 1. The Bertz CT molecular complexity index is 754. The Morgan fingerprint density at radius 2 is 1.37 bits per heavy atom. The van der Waals surface area contributed by atoms with E-state index in [0.29, 0.717) is 26.2 Å². The molecule has 0 bridgehead atoms. The van der Waals surface area contributed by atoms with Crippen LogP contribution in [-0.4, -0.2) is 62.3 Å². The average Bonchev–Trinajstić information content (AvgIpc) is 2.65. The first-order chi connectivity index (χ1) is 12.6. The molecule has 2 amide bonds. The molecule has 1 N–H and O–H groups in total. The number of sulfonamides is 1. The topological polar surface area (TPSA) is 86.8 Å². The molecule has 27 heavy (non-hydrogen) atoms. The van der Waals surface area contributed by atoms with Gasteiger partial charge in [-0.25, -0.2) is 8.42 Å². The van der Waals surface area contributed by atoms with Crippen molar-refractivity contribution in [3.05, 3.63) is 30.3 Å². The van der Waals surface area contributed by atoms with Crippen LogP contribution in [-0.2, 0) is 19.6 Å². The van der Waals surface area contributed by atoms with E-state index in [1.54, 1.807) is 28.0 Å². The van der Waals surface area contributed by atoms with Gasteiger partial charge in [-0.15, -0.1) is 0 Å². The summed E-state index contributed by atoms with van der Waals surface area (Å²) < 4.78 is 27.8. The lowest BCUT2D eigenvalue weighted by molar-refractivity contribution is -0.142. The minimum absolute atomic E-state index is 0.0756. The second-order valence-electron chi connectivity index (χ2n) is 7.46. The normalized spacial score (nSPS) is 16.7. The SMILES string of the molecule is CC(C)C(=O)N1CCN(C(=O)[C@@H](NS(=O)(=O)c2ccccc2)C(C)C)CC1. The van der Waals surface area contributed by atoms with Crippen molar-refractivity contribution >= 4 is 21.8 Å². The van der Waals surface area contributed by atoms with Crippen LogP contribution in [0.3, 0.4) is 0 Å². The standard InChI is InChI=1S/C19H29N3O4S/c1-14(2)17(20-27(25,26)16-8-6-5-7-9-16)19(24)22-12-10-21(11-13-22)18(23)15(3)4/h5-9,14-15,17,20H,10-13H2,1-4H3/t17-/m0/s1. The first-order valence-electron chi connectivity index (χ1n) is 9.28. The summed E-state index contributed by atoms with van der Waals surface area (Å²) in [6, 6.07) is 7.18. The van der Waals surface area contributed by atoms with Gasteiger partial charge < -0.3 is 9.80 Å². The molecule has 0 radical (unpaired) electrons. The lowest BCUT2D eigenvalue weighted by Crippen LogP contribution is -2.57. The molecule has 1 aliphatic rings. The van der Waals surface area contributed by atoms with Gasteiger partial charge in [0, 0.05) is 32.1 Å². The molecule has 1 aromatic rings. The number of nitrogens with zero attached hydrogens (tertiary/aromatic N) is 2. The zero-order chi connectivity index (χ0) is 20.2. The maximum Gasteiger partial charge on any atom is 0.241 e. The quantitative estimate of drug-likeness (QED) is 0.787. The van der Waals surface area contributed by atoms with Gasteiger partial charge in [-0.3, -0.25) is 9.59 Å². The molecular weight excluding hydrogens is 366 g/mol. The lowest BCUT2D eigenvalue weighted by Gasteiger charge is -2.37. The summed E-state index contributed by atoms with van der Waals surface area (Å²) in [7, 11) is -3.79. The highest BCUT2D eigenvalue weighted by molar-refractivity contribution is 7.89. The molecule has 0 spiro atoms. The predicted molar refractivity (Wildman–Crippen MR) is 103 cm³/mol. The molecule has 150 valence electrons. The second-order valence-corrected chi connectivity index (χ2v) is 9.18. The van der Waals surface area contributed by atoms with E-state index in [-0.39, 0.29) is 28.5 Å². The fraction of sp³-hybridized carbons (Fsp3) is 0.579. The highest BCUT2D eigenvalue weighted by Gasteiger charge is 2.33. The summed E-state index contributed by atoms with van der Waals surface area (Å²) in [5.41, 5.74) is 0. The molecule has 0 aliphatic carbocycles. The third-order valence-electron chi connectivity index (χ3n) is 4.67. The lowest BCUT2D eigenvalue weighted by atomic mass is 10.0. The first kappa shape index (κ1) is 21.4. The highest BCUT2D eigenvalue weighted by Crippen LogP contribution is 2.15.